The number of hydrogen-bond donors (Lipinski definition) is 1. The maximum Gasteiger partial charge on any atom is 0.147 e. The van der Waals surface area contributed by atoms with Gasteiger partial charge in [-0.1, -0.05) is 22.0 Å². The predicted molar refractivity (Wildman–Crippen MR) is 68.5 cm³/mol. The molecule has 1 N–H and O–H groups in total. The quantitative estimate of drug-likeness (QED) is 0.900. The zero-order valence-electron chi connectivity index (χ0n) is 8.74. The molecule has 0 aliphatic rings. The molecular formula is C13H8BrFN2. The highest BCUT2D eigenvalue weighted by Gasteiger charge is 2.03. The van der Waals surface area contributed by atoms with Crippen LogP contribution in [0.1, 0.15) is 5.56 Å². The van der Waals surface area contributed by atoms with Crippen molar-refractivity contribution in [2.75, 3.05) is 5.32 Å². The molecule has 0 saturated heterocycles. The van der Waals surface area contributed by atoms with E-state index in [0.717, 1.165) is 10.2 Å². The molecule has 2 aromatic carbocycles. The van der Waals surface area contributed by atoms with Gasteiger partial charge in [-0.05, 0) is 36.4 Å². The molecular weight excluding hydrogens is 283 g/mol. The van der Waals surface area contributed by atoms with Gasteiger partial charge in [0.15, 0.2) is 0 Å². The standard InChI is InChI=1S/C13H8BrFN2/c14-10-2-1-3-11(7-10)17-13-5-4-9(8-16)6-12(13)15/h1-7,17H. The first-order chi connectivity index (χ1) is 8.19. The van der Waals surface area contributed by atoms with Crippen molar-refractivity contribution in [1.29, 1.82) is 5.26 Å². The van der Waals surface area contributed by atoms with Gasteiger partial charge in [-0.2, -0.15) is 5.26 Å². The van der Waals surface area contributed by atoms with Gasteiger partial charge in [0.25, 0.3) is 0 Å². The molecule has 0 radical (unpaired) electrons. The van der Waals surface area contributed by atoms with Crippen LogP contribution in [0.5, 0.6) is 0 Å². The number of hydrogen-bond acceptors (Lipinski definition) is 2. The lowest BCUT2D eigenvalue weighted by atomic mass is 10.2. The van der Waals surface area contributed by atoms with Crippen LogP contribution in [-0.2, 0) is 0 Å². The van der Waals surface area contributed by atoms with Crippen LogP contribution >= 0.6 is 15.9 Å². The topological polar surface area (TPSA) is 35.8 Å². The van der Waals surface area contributed by atoms with E-state index in [0.29, 0.717) is 11.3 Å². The van der Waals surface area contributed by atoms with Crippen LogP contribution in [0.15, 0.2) is 46.9 Å². The number of nitrogens with one attached hydrogen (secondary N) is 1. The van der Waals surface area contributed by atoms with E-state index in [2.05, 4.69) is 21.2 Å². The summed E-state index contributed by atoms with van der Waals surface area (Å²) in [4.78, 5) is 0. The average molecular weight is 291 g/mol. The number of nitrogens with zero attached hydrogens (tertiary/aromatic N) is 1. The van der Waals surface area contributed by atoms with Crippen molar-refractivity contribution in [3.05, 3.63) is 58.3 Å². The van der Waals surface area contributed by atoms with E-state index >= 15 is 0 Å². The van der Waals surface area contributed by atoms with Crippen LogP contribution < -0.4 is 5.32 Å². The highest BCUT2D eigenvalue weighted by molar-refractivity contribution is 9.10. The summed E-state index contributed by atoms with van der Waals surface area (Å²) in [6.07, 6.45) is 0. The van der Waals surface area contributed by atoms with E-state index in [1.165, 1.54) is 6.07 Å². The molecule has 0 atom stereocenters. The van der Waals surface area contributed by atoms with Crippen molar-refractivity contribution >= 4 is 27.3 Å². The first-order valence-electron chi connectivity index (χ1n) is 4.91. The molecule has 0 saturated carbocycles. The molecule has 0 bridgehead atoms. The first kappa shape index (κ1) is 11.6. The molecule has 0 spiro atoms. The summed E-state index contributed by atoms with van der Waals surface area (Å²) >= 11 is 3.34. The molecule has 4 heteroatoms. The van der Waals surface area contributed by atoms with Gasteiger partial charge in [0.05, 0.1) is 17.3 Å². The maximum absolute atomic E-state index is 13.6. The Morgan fingerprint density at radius 1 is 1.18 bits per heavy atom. The number of benzene rings is 2. The van der Waals surface area contributed by atoms with Gasteiger partial charge in [0.2, 0.25) is 0 Å². The molecule has 2 aromatic rings. The van der Waals surface area contributed by atoms with Crippen LogP contribution in [0.4, 0.5) is 15.8 Å². The van der Waals surface area contributed by atoms with Crippen LogP contribution in [0.25, 0.3) is 0 Å². The second-order valence-electron chi connectivity index (χ2n) is 3.44. The monoisotopic (exact) mass is 290 g/mol. The Kier molecular flexibility index (Phi) is 3.40. The van der Waals surface area contributed by atoms with Crippen molar-refractivity contribution in [2.24, 2.45) is 0 Å². The van der Waals surface area contributed by atoms with Gasteiger partial charge >= 0.3 is 0 Å². The Labute approximate surface area is 107 Å². The van der Waals surface area contributed by atoms with Crippen molar-refractivity contribution < 1.29 is 4.39 Å². The summed E-state index contributed by atoms with van der Waals surface area (Å²) in [5.41, 5.74) is 1.44. The molecule has 0 fully saturated rings. The van der Waals surface area contributed by atoms with Crippen LogP contribution in [-0.4, -0.2) is 0 Å². The summed E-state index contributed by atoms with van der Waals surface area (Å²) in [7, 11) is 0. The fourth-order valence-corrected chi connectivity index (χ4v) is 1.81. The van der Waals surface area contributed by atoms with E-state index in [1.807, 2.05) is 30.3 Å². The molecule has 0 unspecified atom stereocenters. The lowest BCUT2D eigenvalue weighted by Crippen LogP contribution is -1.94. The van der Waals surface area contributed by atoms with Crippen LogP contribution in [0.3, 0.4) is 0 Å². The Bertz CT molecular complexity index is 590. The van der Waals surface area contributed by atoms with Gasteiger partial charge in [0.1, 0.15) is 5.82 Å². The van der Waals surface area contributed by atoms with Crippen LogP contribution in [0, 0.1) is 17.1 Å². The summed E-state index contributed by atoms with van der Waals surface area (Å²) < 4.78 is 14.5. The smallest absolute Gasteiger partial charge is 0.147 e. The van der Waals surface area contributed by atoms with E-state index in [4.69, 9.17) is 5.26 Å². The third-order valence-corrected chi connectivity index (χ3v) is 2.70. The second-order valence-corrected chi connectivity index (χ2v) is 4.36. The van der Waals surface area contributed by atoms with Crippen molar-refractivity contribution in [3.63, 3.8) is 0 Å². The number of rotatable bonds is 2. The largest absolute Gasteiger partial charge is 0.353 e. The first-order valence-corrected chi connectivity index (χ1v) is 5.70. The molecule has 0 aliphatic heterocycles. The van der Waals surface area contributed by atoms with Gasteiger partial charge in [-0.25, -0.2) is 4.39 Å². The van der Waals surface area contributed by atoms with Gasteiger partial charge in [0, 0.05) is 10.2 Å². The molecule has 0 aromatic heterocycles. The SMILES string of the molecule is N#Cc1ccc(Nc2cccc(Br)c2)c(F)c1. The van der Waals surface area contributed by atoms with E-state index < -0.39 is 5.82 Å². The number of anilines is 2. The molecule has 2 rings (SSSR count). The third-order valence-electron chi connectivity index (χ3n) is 2.20. The normalized spacial score (nSPS) is 9.71. The Morgan fingerprint density at radius 2 is 2.00 bits per heavy atom. The minimum Gasteiger partial charge on any atom is -0.353 e. The molecule has 84 valence electrons. The summed E-state index contributed by atoms with van der Waals surface area (Å²) in [6.45, 7) is 0. The lowest BCUT2D eigenvalue weighted by molar-refractivity contribution is 0.631. The fraction of sp³-hybridized carbons (Fsp3) is 0. The third kappa shape index (κ3) is 2.83. The Hall–Kier alpha value is -1.86. The number of nitriles is 1. The zero-order valence-corrected chi connectivity index (χ0v) is 10.3. The summed E-state index contributed by atoms with van der Waals surface area (Å²) in [5.74, 6) is -0.441. The lowest BCUT2D eigenvalue weighted by Gasteiger charge is -2.07. The highest BCUT2D eigenvalue weighted by Crippen LogP contribution is 2.23. The van der Waals surface area contributed by atoms with E-state index in [-0.39, 0.29) is 0 Å². The van der Waals surface area contributed by atoms with Gasteiger partial charge in [-0.15, -0.1) is 0 Å². The molecule has 0 amide bonds. The highest BCUT2D eigenvalue weighted by atomic mass is 79.9. The Morgan fingerprint density at radius 3 is 2.65 bits per heavy atom. The zero-order chi connectivity index (χ0) is 12.3. The molecule has 17 heavy (non-hydrogen) atoms. The van der Waals surface area contributed by atoms with Crippen molar-refractivity contribution in [2.45, 2.75) is 0 Å². The predicted octanol–water partition coefficient (Wildman–Crippen LogP) is 4.20. The Balaban J connectivity index is 2.28. The minimum atomic E-state index is -0.441. The average Bonchev–Trinajstić information content (AvgIpc) is 2.32. The van der Waals surface area contributed by atoms with Gasteiger partial charge < -0.3 is 5.32 Å². The summed E-state index contributed by atoms with van der Waals surface area (Å²) in [5, 5.41) is 11.6. The van der Waals surface area contributed by atoms with E-state index in [1.54, 1.807) is 12.1 Å². The summed E-state index contributed by atoms with van der Waals surface area (Å²) in [6, 6.07) is 13.6. The van der Waals surface area contributed by atoms with Gasteiger partial charge in [-0.3, -0.25) is 0 Å². The molecule has 2 nitrogen and oxygen atoms in total. The van der Waals surface area contributed by atoms with Crippen LogP contribution in [0.2, 0.25) is 0 Å². The maximum atomic E-state index is 13.6. The van der Waals surface area contributed by atoms with Crippen molar-refractivity contribution in [1.82, 2.24) is 0 Å². The second kappa shape index (κ2) is 4.98. The van der Waals surface area contributed by atoms with Crippen molar-refractivity contribution in [3.8, 4) is 6.07 Å². The molecule has 0 aliphatic carbocycles. The molecule has 0 heterocycles. The fourth-order valence-electron chi connectivity index (χ4n) is 1.41. The number of halogens is 2. The van der Waals surface area contributed by atoms with E-state index in [9.17, 15) is 4.39 Å². The minimum absolute atomic E-state index is 0.308.